The van der Waals surface area contributed by atoms with Crippen LogP contribution in [0.1, 0.15) is 11.1 Å². The number of nitrogens with one attached hydrogen (secondary N) is 1. The number of rotatable bonds is 8. The van der Waals surface area contributed by atoms with Crippen LogP contribution in [0, 0.1) is 21.4 Å². The molecule has 0 aliphatic rings. The highest BCUT2D eigenvalue weighted by atomic mass is 35.5. The van der Waals surface area contributed by atoms with Gasteiger partial charge in [0.05, 0.1) is 22.7 Å². The Bertz CT molecular complexity index is 1250. The molecule has 166 valence electrons. The zero-order valence-corrected chi connectivity index (χ0v) is 18.2. The van der Waals surface area contributed by atoms with E-state index in [2.05, 4.69) is 5.32 Å². The van der Waals surface area contributed by atoms with E-state index in [4.69, 9.17) is 21.1 Å². The Morgan fingerprint density at radius 1 is 1.15 bits per heavy atom. The van der Waals surface area contributed by atoms with E-state index in [1.165, 1.54) is 25.3 Å². The van der Waals surface area contributed by atoms with Crippen molar-refractivity contribution in [1.29, 1.82) is 5.26 Å². The third kappa shape index (κ3) is 6.09. The number of anilines is 1. The van der Waals surface area contributed by atoms with Gasteiger partial charge >= 0.3 is 0 Å². The Kier molecular flexibility index (Phi) is 7.63. The number of amides is 1. The fraction of sp³-hybridized carbons (Fsp3) is 0.0833. The quantitative estimate of drug-likeness (QED) is 0.207. The summed E-state index contributed by atoms with van der Waals surface area (Å²) in [6.07, 6.45) is 1.43. The highest BCUT2D eigenvalue weighted by Gasteiger charge is 2.13. The number of nitro groups is 1. The second-order valence-electron chi connectivity index (χ2n) is 6.73. The summed E-state index contributed by atoms with van der Waals surface area (Å²) in [6, 6.07) is 19.6. The zero-order valence-electron chi connectivity index (χ0n) is 17.4. The van der Waals surface area contributed by atoms with Crippen molar-refractivity contribution in [3.63, 3.8) is 0 Å². The van der Waals surface area contributed by atoms with Gasteiger partial charge in [0.2, 0.25) is 0 Å². The van der Waals surface area contributed by atoms with Crippen LogP contribution in [0.3, 0.4) is 0 Å². The molecule has 3 rings (SSSR count). The molecule has 0 fully saturated rings. The van der Waals surface area contributed by atoms with Gasteiger partial charge in [-0.2, -0.15) is 5.26 Å². The van der Waals surface area contributed by atoms with Gasteiger partial charge < -0.3 is 14.8 Å². The molecule has 0 atom stereocenters. The number of hydrogen-bond acceptors (Lipinski definition) is 6. The monoisotopic (exact) mass is 463 g/mol. The summed E-state index contributed by atoms with van der Waals surface area (Å²) in [5.41, 5.74) is 1.59. The van der Waals surface area contributed by atoms with Gasteiger partial charge in [-0.05, 0) is 53.6 Å². The standard InChI is InChI=1S/C24H18ClN3O5/c1-32-23-13-17(12-18(14-26)24(29)27-21-5-3-2-4-20(21)25)8-11-22(23)33-15-16-6-9-19(10-7-16)28(30)31/h2-13H,15H2,1H3,(H,27,29)/b18-12-. The van der Waals surface area contributed by atoms with E-state index in [0.29, 0.717) is 27.8 Å². The maximum Gasteiger partial charge on any atom is 0.269 e. The van der Waals surface area contributed by atoms with Crippen molar-refractivity contribution in [3.05, 3.63) is 98.6 Å². The van der Waals surface area contributed by atoms with Crippen LogP contribution in [0.25, 0.3) is 6.08 Å². The predicted molar refractivity (Wildman–Crippen MR) is 124 cm³/mol. The maximum absolute atomic E-state index is 12.5. The van der Waals surface area contributed by atoms with Crippen LogP contribution in [0.4, 0.5) is 11.4 Å². The fourth-order valence-electron chi connectivity index (χ4n) is 2.84. The largest absolute Gasteiger partial charge is 0.493 e. The number of nitrogens with zero attached hydrogens (tertiary/aromatic N) is 2. The van der Waals surface area contributed by atoms with E-state index in [-0.39, 0.29) is 17.9 Å². The summed E-state index contributed by atoms with van der Waals surface area (Å²) in [5.74, 6) is 0.240. The maximum atomic E-state index is 12.5. The topological polar surface area (TPSA) is 114 Å². The van der Waals surface area contributed by atoms with Crippen LogP contribution < -0.4 is 14.8 Å². The fourth-order valence-corrected chi connectivity index (χ4v) is 3.02. The molecule has 8 nitrogen and oxygen atoms in total. The Morgan fingerprint density at radius 3 is 2.52 bits per heavy atom. The van der Waals surface area contributed by atoms with Gasteiger partial charge in [-0.15, -0.1) is 0 Å². The summed E-state index contributed by atoms with van der Waals surface area (Å²) in [7, 11) is 1.47. The first kappa shape index (κ1) is 23.3. The molecule has 0 saturated carbocycles. The lowest BCUT2D eigenvalue weighted by molar-refractivity contribution is -0.384. The van der Waals surface area contributed by atoms with Gasteiger partial charge in [-0.25, -0.2) is 0 Å². The third-order valence-electron chi connectivity index (χ3n) is 4.53. The van der Waals surface area contributed by atoms with E-state index < -0.39 is 10.8 Å². The number of non-ortho nitro benzene ring substituents is 1. The molecule has 0 aliphatic carbocycles. The number of para-hydroxylation sites is 1. The Morgan fingerprint density at radius 2 is 1.88 bits per heavy atom. The zero-order chi connectivity index (χ0) is 23.8. The van der Waals surface area contributed by atoms with Gasteiger partial charge in [0, 0.05) is 12.1 Å². The molecule has 0 radical (unpaired) electrons. The molecule has 0 unspecified atom stereocenters. The van der Waals surface area contributed by atoms with Crippen LogP contribution in [-0.4, -0.2) is 17.9 Å². The number of nitro benzene ring substituents is 1. The van der Waals surface area contributed by atoms with E-state index >= 15 is 0 Å². The second-order valence-corrected chi connectivity index (χ2v) is 7.13. The van der Waals surface area contributed by atoms with Crippen LogP contribution in [0.5, 0.6) is 11.5 Å². The minimum Gasteiger partial charge on any atom is -0.493 e. The molecule has 3 aromatic carbocycles. The SMILES string of the molecule is COc1cc(/C=C(/C#N)C(=O)Nc2ccccc2Cl)ccc1OCc1ccc([N+](=O)[O-])cc1. The first-order valence-corrected chi connectivity index (χ1v) is 10.0. The van der Waals surface area contributed by atoms with Crippen LogP contribution in [0.2, 0.25) is 5.02 Å². The molecule has 0 spiro atoms. The number of halogens is 1. The number of ether oxygens (including phenoxy) is 2. The molecular formula is C24H18ClN3O5. The van der Waals surface area contributed by atoms with Crippen molar-refractivity contribution >= 4 is 35.0 Å². The summed E-state index contributed by atoms with van der Waals surface area (Å²) in [6.45, 7) is 0.174. The van der Waals surface area contributed by atoms with Crippen LogP contribution in [0.15, 0.2) is 72.3 Å². The predicted octanol–water partition coefficient (Wildman–Crippen LogP) is 5.38. The molecule has 0 aromatic heterocycles. The molecule has 0 saturated heterocycles. The van der Waals surface area contributed by atoms with Crippen molar-refractivity contribution < 1.29 is 19.2 Å². The molecule has 9 heteroatoms. The van der Waals surface area contributed by atoms with E-state index in [0.717, 1.165) is 5.56 Å². The minimum absolute atomic E-state index is 0.000611. The third-order valence-corrected chi connectivity index (χ3v) is 4.86. The van der Waals surface area contributed by atoms with Crippen molar-refractivity contribution in [2.24, 2.45) is 0 Å². The van der Waals surface area contributed by atoms with Crippen molar-refractivity contribution in [2.75, 3.05) is 12.4 Å². The smallest absolute Gasteiger partial charge is 0.269 e. The number of carbonyl (C=O) groups excluding carboxylic acids is 1. The normalized spacial score (nSPS) is 10.8. The van der Waals surface area contributed by atoms with Gasteiger partial charge in [0.25, 0.3) is 11.6 Å². The molecular weight excluding hydrogens is 446 g/mol. The first-order chi connectivity index (χ1) is 15.9. The second kappa shape index (κ2) is 10.8. The lowest BCUT2D eigenvalue weighted by atomic mass is 10.1. The van der Waals surface area contributed by atoms with E-state index in [1.54, 1.807) is 54.6 Å². The van der Waals surface area contributed by atoms with Crippen LogP contribution >= 0.6 is 11.6 Å². The lowest BCUT2D eigenvalue weighted by Crippen LogP contribution is -2.13. The number of carbonyl (C=O) groups is 1. The average Bonchev–Trinajstić information content (AvgIpc) is 2.83. The summed E-state index contributed by atoms with van der Waals surface area (Å²) in [5, 5.41) is 23.2. The van der Waals surface area contributed by atoms with E-state index in [9.17, 15) is 20.2 Å². The highest BCUT2D eigenvalue weighted by molar-refractivity contribution is 6.34. The van der Waals surface area contributed by atoms with Gasteiger partial charge in [-0.3, -0.25) is 14.9 Å². The highest BCUT2D eigenvalue weighted by Crippen LogP contribution is 2.30. The van der Waals surface area contributed by atoms with Crippen molar-refractivity contribution in [1.82, 2.24) is 0 Å². The lowest BCUT2D eigenvalue weighted by Gasteiger charge is -2.12. The Hall–Kier alpha value is -4.35. The number of methoxy groups -OCH3 is 1. The van der Waals surface area contributed by atoms with Gasteiger partial charge in [0.15, 0.2) is 11.5 Å². The first-order valence-electron chi connectivity index (χ1n) is 9.63. The molecule has 1 N–H and O–H groups in total. The Labute approximate surface area is 194 Å². The van der Waals surface area contributed by atoms with Gasteiger partial charge in [0.1, 0.15) is 18.2 Å². The number of hydrogen-bond donors (Lipinski definition) is 1. The van der Waals surface area contributed by atoms with E-state index in [1.807, 2.05) is 6.07 Å². The number of benzene rings is 3. The summed E-state index contributed by atoms with van der Waals surface area (Å²) in [4.78, 5) is 22.8. The van der Waals surface area contributed by atoms with Crippen molar-refractivity contribution in [2.45, 2.75) is 6.61 Å². The Balaban J connectivity index is 1.74. The molecule has 1 amide bonds. The molecule has 33 heavy (non-hydrogen) atoms. The summed E-state index contributed by atoms with van der Waals surface area (Å²) < 4.78 is 11.1. The van der Waals surface area contributed by atoms with Crippen molar-refractivity contribution in [3.8, 4) is 17.6 Å². The molecule has 0 bridgehead atoms. The van der Waals surface area contributed by atoms with Gasteiger partial charge in [-0.1, -0.05) is 29.8 Å². The number of nitriles is 1. The molecule has 3 aromatic rings. The minimum atomic E-state index is -0.594. The average molecular weight is 464 g/mol. The molecule has 0 aliphatic heterocycles. The summed E-state index contributed by atoms with van der Waals surface area (Å²) >= 11 is 6.05. The molecule has 0 heterocycles. The van der Waals surface area contributed by atoms with Crippen LogP contribution in [-0.2, 0) is 11.4 Å².